The van der Waals surface area contributed by atoms with Gasteiger partial charge in [0.2, 0.25) is 5.89 Å². The predicted octanol–water partition coefficient (Wildman–Crippen LogP) is 4.25. The molecule has 128 valence electrons. The smallest absolute Gasteiger partial charge is 0.322 e. The van der Waals surface area contributed by atoms with Crippen molar-refractivity contribution >= 4 is 23.7 Å². The van der Waals surface area contributed by atoms with Gasteiger partial charge in [0.25, 0.3) is 5.91 Å². The number of carbonyl (C=O) groups excluding carboxylic acids is 1. The molecule has 0 aliphatic heterocycles. The third kappa shape index (κ3) is 4.28. The molecule has 0 saturated carbocycles. The highest BCUT2D eigenvalue weighted by atomic mass is 32.2. The van der Waals surface area contributed by atoms with Gasteiger partial charge in [0, 0.05) is 10.5 Å². The van der Waals surface area contributed by atoms with Crippen LogP contribution in [0.15, 0.2) is 51.8 Å². The number of nitrogens with zero attached hydrogens (tertiary/aromatic N) is 2. The average molecular weight is 353 g/mol. The second kappa shape index (κ2) is 7.53. The first-order chi connectivity index (χ1) is 12.0. The van der Waals surface area contributed by atoms with Crippen molar-refractivity contribution < 1.29 is 9.21 Å². The van der Waals surface area contributed by atoms with E-state index in [0.29, 0.717) is 17.9 Å². The standard InChI is InChI=1S/C19H19N3O2S/c1-12-4-5-15(13(2)10-12)11-17-21-22-19(24-17)20-18(23)14-6-8-16(25-3)9-7-14/h4-10H,11H2,1-3H3,(H,20,22,23). The number of aromatic nitrogens is 2. The lowest BCUT2D eigenvalue weighted by atomic mass is 10.0. The van der Waals surface area contributed by atoms with Crippen LogP contribution in [-0.4, -0.2) is 22.4 Å². The molecule has 0 bridgehead atoms. The fraction of sp³-hybridized carbons (Fsp3) is 0.211. The monoisotopic (exact) mass is 353 g/mol. The molecule has 1 N–H and O–H groups in total. The van der Waals surface area contributed by atoms with Crippen LogP contribution in [0.2, 0.25) is 0 Å². The number of thioether (sulfide) groups is 1. The molecule has 5 nitrogen and oxygen atoms in total. The van der Waals surface area contributed by atoms with Crippen LogP contribution >= 0.6 is 11.8 Å². The van der Waals surface area contributed by atoms with E-state index in [1.54, 1.807) is 23.9 Å². The minimum Gasteiger partial charge on any atom is -0.407 e. The summed E-state index contributed by atoms with van der Waals surface area (Å²) in [6.07, 6.45) is 2.53. The van der Waals surface area contributed by atoms with Crippen molar-refractivity contribution in [2.45, 2.75) is 25.2 Å². The second-order valence-electron chi connectivity index (χ2n) is 5.79. The number of benzene rings is 2. The number of aryl methyl sites for hydroxylation is 2. The maximum Gasteiger partial charge on any atom is 0.322 e. The molecular weight excluding hydrogens is 334 g/mol. The minimum absolute atomic E-state index is 0.110. The Hall–Kier alpha value is -2.60. The van der Waals surface area contributed by atoms with Gasteiger partial charge in [-0.15, -0.1) is 16.9 Å². The highest BCUT2D eigenvalue weighted by molar-refractivity contribution is 7.98. The normalized spacial score (nSPS) is 10.7. The van der Waals surface area contributed by atoms with Gasteiger partial charge < -0.3 is 4.42 Å². The lowest BCUT2D eigenvalue weighted by Crippen LogP contribution is -2.11. The van der Waals surface area contributed by atoms with Gasteiger partial charge in [-0.05, 0) is 55.5 Å². The summed E-state index contributed by atoms with van der Waals surface area (Å²) in [7, 11) is 0. The molecule has 0 aliphatic rings. The fourth-order valence-corrected chi connectivity index (χ4v) is 2.90. The van der Waals surface area contributed by atoms with Gasteiger partial charge >= 0.3 is 6.01 Å². The Morgan fingerprint density at radius 2 is 1.88 bits per heavy atom. The summed E-state index contributed by atoms with van der Waals surface area (Å²) in [6, 6.07) is 13.7. The van der Waals surface area contributed by atoms with E-state index < -0.39 is 0 Å². The highest BCUT2D eigenvalue weighted by Crippen LogP contribution is 2.18. The van der Waals surface area contributed by atoms with E-state index in [0.717, 1.165) is 10.5 Å². The zero-order valence-corrected chi connectivity index (χ0v) is 15.2. The molecule has 0 unspecified atom stereocenters. The van der Waals surface area contributed by atoms with Crippen molar-refractivity contribution in [2.24, 2.45) is 0 Å². The number of nitrogens with one attached hydrogen (secondary N) is 1. The summed E-state index contributed by atoms with van der Waals surface area (Å²) in [5.74, 6) is 0.203. The fourth-order valence-electron chi connectivity index (χ4n) is 2.49. The second-order valence-corrected chi connectivity index (χ2v) is 6.67. The van der Waals surface area contributed by atoms with Crippen molar-refractivity contribution in [3.63, 3.8) is 0 Å². The molecule has 0 spiro atoms. The minimum atomic E-state index is -0.269. The molecule has 1 heterocycles. The molecule has 25 heavy (non-hydrogen) atoms. The summed E-state index contributed by atoms with van der Waals surface area (Å²) >= 11 is 1.63. The summed E-state index contributed by atoms with van der Waals surface area (Å²) in [4.78, 5) is 13.3. The summed E-state index contributed by atoms with van der Waals surface area (Å²) in [5, 5.41) is 10.6. The van der Waals surface area contributed by atoms with E-state index in [1.807, 2.05) is 18.4 Å². The SMILES string of the molecule is CSc1ccc(C(=O)Nc2nnc(Cc3ccc(C)cc3C)o2)cc1. The number of hydrogen-bond donors (Lipinski definition) is 1. The van der Waals surface area contributed by atoms with E-state index in [1.165, 1.54) is 11.1 Å². The van der Waals surface area contributed by atoms with Gasteiger partial charge in [0.05, 0.1) is 6.42 Å². The van der Waals surface area contributed by atoms with E-state index in [9.17, 15) is 4.79 Å². The lowest BCUT2D eigenvalue weighted by Gasteiger charge is -2.04. The van der Waals surface area contributed by atoms with E-state index >= 15 is 0 Å². The molecule has 6 heteroatoms. The van der Waals surface area contributed by atoms with Crippen molar-refractivity contribution in [3.8, 4) is 0 Å². The topological polar surface area (TPSA) is 68.0 Å². The van der Waals surface area contributed by atoms with Crippen LogP contribution < -0.4 is 5.32 Å². The molecule has 0 fully saturated rings. The van der Waals surface area contributed by atoms with Crippen LogP contribution in [0.3, 0.4) is 0 Å². The first-order valence-electron chi connectivity index (χ1n) is 7.89. The third-order valence-electron chi connectivity index (χ3n) is 3.88. The maximum absolute atomic E-state index is 12.2. The zero-order valence-electron chi connectivity index (χ0n) is 14.4. The van der Waals surface area contributed by atoms with Gasteiger partial charge in [0.1, 0.15) is 0 Å². The summed E-state index contributed by atoms with van der Waals surface area (Å²) < 4.78 is 5.55. The number of amides is 1. The zero-order chi connectivity index (χ0) is 17.8. The largest absolute Gasteiger partial charge is 0.407 e. The van der Waals surface area contributed by atoms with Crippen molar-refractivity contribution in [3.05, 3.63) is 70.6 Å². The Bertz CT molecular complexity index is 888. The van der Waals surface area contributed by atoms with Crippen LogP contribution in [0.25, 0.3) is 0 Å². The molecule has 0 radical (unpaired) electrons. The number of carbonyl (C=O) groups is 1. The van der Waals surface area contributed by atoms with Gasteiger partial charge in [0.15, 0.2) is 0 Å². The highest BCUT2D eigenvalue weighted by Gasteiger charge is 2.12. The summed E-state index contributed by atoms with van der Waals surface area (Å²) in [5.41, 5.74) is 4.07. The molecule has 1 aromatic heterocycles. The van der Waals surface area contributed by atoms with Crippen molar-refractivity contribution in [1.82, 2.24) is 10.2 Å². The molecule has 3 aromatic rings. The first-order valence-corrected chi connectivity index (χ1v) is 9.11. The summed E-state index contributed by atoms with van der Waals surface area (Å²) in [6.45, 7) is 4.11. The first kappa shape index (κ1) is 17.2. The molecule has 0 saturated heterocycles. The van der Waals surface area contributed by atoms with Crippen LogP contribution in [0.5, 0.6) is 0 Å². The number of rotatable bonds is 5. The Labute approximate surface area is 150 Å². The van der Waals surface area contributed by atoms with E-state index in [4.69, 9.17) is 4.42 Å². The Morgan fingerprint density at radius 3 is 2.56 bits per heavy atom. The lowest BCUT2D eigenvalue weighted by molar-refractivity contribution is 0.102. The Balaban J connectivity index is 1.67. The maximum atomic E-state index is 12.2. The molecular formula is C19H19N3O2S. The van der Waals surface area contributed by atoms with Crippen molar-refractivity contribution in [1.29, 1.82) is 0 Å². The Morgan fingerprint density at radius 1 is 1.12 bits per heavy atom. The average Bonchev–Trinajstić information content (AvgIpc) is 3.04. The number of anilines is 1. The van der Waals surface area contributed by atoms with Crippen LogP contribution in [0.1, 0.15) is 32.9 Å². The van der Waals surface area contributed by atoms with Gasteiger partial charge in [-0.25, -0.2) is 0 Å². The van der Waals surface area contributed by atoms with Crippen LogP contribution in [0, 0.1) is 13.8 Å². The van der Waals surface area contributed by atoms with Gasteiger partial charge in [-0.2, -0.15) is 0 Å². The molecule has 2 aromatic carbocycles. The molecule has 3 rings (SSSR count). The van der Waals surface area contributed by atoms with E-state index in [-0.39, 0.29) is 11.9 Å². The van der Waals surface area contributed by atoms with Crippen molar-refractivity contribution in [2.75, 3.05) is 11.6 Å². The molecule has 1 amide bonds. The Kier molecular flexibility index (Phi) is 5.19. The predicted molar refractivity (Wildman–Crippen MR) is 99.2 cm³/mol. The molecule has 0 aliphatic carbocycles. The van der Waals surface area contributed by atoms with Gasteiger partial charge in [-0.3, -0.25) is 10.1 Å². The number of hydrogen-bond acceptors (Lipinski definition) is 5. The quantitative estimate of drug-likeness (QED) is 0.695. The third-order valence-corrected chi connectivity index (χ3v) is 4.62. The molecule has 0 atom stereocenters. The van der Waals surface area contributed by atoms with Crippen LogP contribution in [-0.2, 0) is 6.42 Å². The van der Waals surface area contributed by atoms with Gasteiger partial charge in [-0.1, -0.05) is 28.9 Å². The van der Waals surface area contributed by atoms with Crippen LogP contribution in [0.4, 0.5) is 6.01 Å². The van der Waals surface area contributed by atoms with E-state index in [2.05, 4.69) is 47.6 Å².